The van der Waals surface area contributed by atoms with Gasteiger partial charge in [0.25, 0.3) is 11.6 Å². The first-order chi connectivity index (χ1) is 14.4. The number of anilines is 1. The summed E-state index contributed by atoms with van der Waals surface area (Å²) in [5.74, 6) is -0.396. The quantitative estimate of drug-likeness (QED) is 0.363. The predicted octanol–water partition coefficient (Wildman–Crippen LogP) is 3.58. The molecule has 0 spiro atoms. The smallest absolute Gasteiger partial charge is 0.338 e. The molecule has 0 atom stereocenters. The van der Waals surface area contributed by atoms with E-state index in [4.69, 9.17) is 4.74 Å². The van der Waals surface area contributed by atoms with Crippen molar-refractivity contribution >= 4 is 23.3 Å². The van der Waals surface area contributed by atoms with E-state index in [-0.39, 0.29) is 23.4 Å². The molecule has 9 heteroatoms. The number of esters is 1. The number of nitrogens with zero attached hydrogens (tertiary/aromatic N) is 3. The Morgan fingerprint density at radius 2 is 1.87 bits per heavy atom. The van der Waals surface area contributed by atoms with Crippen LogP contribution in [-0.4, -0.2) is 33.0 Å². The number of benzene rings is 2. The summed E-state index contributed by atoms with van der Waals surface area (Å²) < 4.78 is 6.87. The third kappa shape index (κ3) is 4.88. The number of nitrogens with one attached hydrogen (secondary N) is 1. The third-order valence-electron chi connectivity index (χ3n) is 4.39. The van der Waals surface area contributed by atoms with Crippen LogP contribution in [0.2, 0.25) is 0 Å². The number of rotatable bonds is 7. The molecule has 3 rings (SSSR count). The molecule has 3 aromatic rings. The largest absolute Gasteiger partial charge is 0.462 e. The molecule has 0 saturated carbocycles. The van der Waals surface area contributed by atoms with Crippen molar-refractivity contribution in [3.63, 3.8) is 0 Å². The first-order valence-corrected chi connectivity index (χ1v) is 9.22. The Morgan fingerprint density at radius 1 is 1.17 bits per heavy atom. The number of hydrogen-bond acceptors (Lipinski definition) is 6. The summed E-state index contributed by atoms with van der Waals surface area (Å²) in [6.45, 7) is 4.31. The van der Waals surface area contributed by atoms with Crippen LogP contribution in [0.15, 0.2) is 54.9 Å². The first kappa shape index (κ1) is 20.7. The van der Waals surface area contributed by atoms with E-state index in [1.165, 1.54) is 6.07 Å². The lowest BCUT2D eigenvalue weighted by Crippen LogP contribution is -2.14. The number of aromatic nitrogens is 2. The average Bonchev–Trinajstić information content (AvgIpc) is 3.13. The van der Waals surface area contributed by atoms with E-state index in [2.05, 4.69) is 10.3 Å². The minimum absolute atomic E-state index is 0.00892. The molecule has 0 bridgehead atoms. The Kier molecular flexibility index (Phi) is 6.21. The topological polar surface area (TPSA) is 116 Å². The standard InChI is InChI=1S/C21H20N4O5/c1-3-30-21(27)17-10-16(11-19(12-17)25(28)29)20(26)23-18-6-4-15(5-7-18)13-24-9-8-22-14(24)2/h4-12H,3,13H2,1-2H3,(H,23,26). The lowest BCUT2D eigenvalue weighted by molar-refractivity contribution is -0.384. The summed E-state index contributed by atoms with van der Waals surface area (Å²) in [5, 5.41) is 13.9. The highest BCUT2D eigenvalue weighted by Gasteiger charge is 2.19. The normalized spacial score (nSPS) is 10.5. The fourth-order valence-corrected chi connectivity index (χ4v) is 2.84. The summed E-state index contributed by atoms with van der Waals surface area (Å²) in [6, 6.07) is 10.7. The van der Waals surface area contributed by atoms with Gasteiger partial charge in [0.15, 0.2) is 0 Å². The summed E-state index contributed by atoms with van der Waals surface area (Å²) in [7, 11) is 0. The molecule has 1 heterocycles. The van der Waals surface area contributed by atoms with Crippen LogP contribution < -0.4 is 5.32 Å². The highest BCUT2D eigenvalue weighted by atomic mass is 16.6. The molecular formula is C21H20N4O5. The second-order valence-corrected chi connectivity index (χ2v) is 6.50. The summed E-state index contributed by atoms with van der Waals surface area (Å²) >= 11 is 0. The van der Waals surface area contributed by atoms with Crippen molar-refractivity contribution in [1.82, 2.24) is 9.55 Å². The van der Waals surface area contributed by atoms with Crippen molar-refractivity contribution < 1.29 is 19.2 Å². The molecule has 0 unspecified atom stereocenters. The maximum absolute atomic E-state index is 12.6. The van der Waals surface area contributed by atoms with Crippen molar-refractivity contribution in [2.75, 3.05) is 11.9 Å². The van der Waals surface area contributed by atoms with Crippen LogP contribution in [0.25, 0.3) is 0 Å². The van der Waals surface area contributed by atoms with Gasteiger partial charge < -0.3 is 14.6 Å². The fraction of sp³-hybridized carbons (Fsp3) is 0.190. The summed E-state index contributed by atoms with van der Waals surface area (Å²) in [6.07, 6.45) is 3.61. The van der Waals surface area contributed by atoms with Gasteiger partial charge in [-0.1, -0.05) is 12.1 Å². The number of imidazole rings is 1. The Bertz CT molecular complexity index is 1090. The number of amides is 1. The molecular weight excluding hydrogens is 388 g/mol. The second kappa shape index (κ2) is 8.99. The van der Waals surface area contributed by atoms with Gasteiger partial charge in [-0.3, -0.25) is 14.9 Å². The van der Waals surface area contributed by atoms with E-state index in [0.717, 1.165) is 23.5 Å². The van der Waals surface area contributed by atoms with Gasteiger partial charge in [0, 0.05) is 42.3 Å². The molecule has 0 radical (unpaired) electrons. The van der Waals surface area contributed by atoms with Crippen LogP contribution in [-0.2, 0) is 11.3 Å². The van der Waals surface area contributed by atoms with E-state index in [9.17, 15) is 19.7 Å². The molecule has 0 saturated heterocycles. The van der Waals surface area contributed by atoms with Crippen molar-refractivity contribution in [3.05, 3.63) is 87.5 Å². The minimum Gasteiger partial charge on any atom is -0.462 e. The Balaban J connectivity index is 1.77. The Labute approximate surface area is 172 Å². The zero-order valence-corrected chi connectivity index (χ0v) is 16.5. The molecule has 0 fully saturated rings. The number of nitro groups is 1. The van der Waals surface area contributed by atoms with E-state index >= 15 is 0 Å². The van der Waals surface area contributed by atoms with Crippen LogP contribution in [0.3, 0.4) is 0 Å². The highest BCUT2D eigenvalue weighted by Crippen LogP contribution is 2.20. The number of nitro benzene ring substituents is 1. The molecule has 1 amide bonds. The highest BCUT2D eigenvalue weighted by molar-refractivity contribution is 6.06. The summed E-state index contributed by atoms with van der Waals surface area (Å²) in [5.41, 5.74) is 1.12. The third-order valence-corrected chi connectivity index (χ3v) is 4.39. The van der Waals surface area contributed by atoms with Crippen molar-refractivity contribution in [3.8, 4) is 0 Å². The molecule has 2 aromatic carbocycles. The van der Waals surface area contributed by atoms with Gasteiger partial charge in [0.2, 0.25) is 0 Å². The molecule has 30 heavy (non-hydrogen) atoms. The number of hydrogen-bond donors (Lipinski definition) is 1. The van der Waals surface area contributed by atoms with Gasteiger partial charge in [-0.2, -0.15) is 0 Å². The van der Waals surface area contributed by atoms with E-state index in [1.54, 1.807) is 25.3 Å². The molecule has 0 aliphatic carbocycles. The monoisotopic (exact) mass is 408 g/mol. The molecule has 0 aliphatic heterocycles. The van der Waals surface area contributed by atoms with Gasteiger partial charge in [0.05, 0.1) is 17.1 Å². The molecule has 1 N–H and O–H groups in total. The number of ether oxygens (including phenoxy) is 1. The van der Waals surface area contributed by atoms with E-state index in [0.29, 0.717) is 12.2 Å². The predicted molar refractivity (Wildman–Crippen MR) is 110 cm³/mol. The lowest BCUT2D eigenvalue weighted by atomic mass is 10.1. The van der Waals surface area contributed by atoms with Gasteiger partial charge in [-0.25, -0.2) is 9.78 Å². The average molecular weight is 408 g/mol. The molecule has 9 nitrogen and oxygen atoms in total. The second-order valence-electron chi connectivity index (χ2n) is 6.50. The molecule has 1 aromatic heterocycles. The van der Waals surface area contributed by atoms with Gasteiger partial charge in [-0.15, -0.1) is 0 Å². The van der Waals surface area contributed by atoms with Crippen LogP contribution >= 0.6 is 0 Å². The zero-order valence-electron chi connectivity index (χ0n) is 16.5. The summed E-state index contributed by atoms with van der Waals surface area (Å²) in [4.78, 5) is 39.3. The van der Waals surface area contributed by atoms with Gasteiger partial charge in [0.1, 0.15) is 5.82 Å². The number of carbonyl (C=O) groups is 2. The maximum atomic E-state index is 12.6. The van der Waals surface area contributed by atoms with Gasteiger partial charge >= 0.3 is 5.97 Å². The molecule has 154 valence electrons. The van der Waals surface area contributed by atoms with Gasteiger partial charge in [-0.05, 0) is 37.6 Å². The van der Waals surface area contributed by atoms with E-state index in [1.807, 2.05) is 29.8 Å². The molecule has 0 aliphatic rings. The Hall–Kier alpha value is -4.01. The SMILES string of the molecule is CCOC(=O)c1cc(C(=O)Nc2ccc(Cn3ccnc3C)cc2)cc([N+](=O)[O-])c1. The van der Waals surface area contributed by atoms with Crippen molar-refractivity contribution in [2.24, 2.45) is 0 Å². The van der Waals surface area contributed by atoms with Crippen LogP contribution in [0.1, 0.15) is 39.0 Å². The Morgan fingerprint density at radius 3 is 2.47 bits per heavy atom. The van der Waals surface area contributed by atoms with E-state index < -0.39 is 16.8 Å². The van der Waals surface area contributed by atoms with Crippen molar-refractivity contribution in [2.45, 2.75) is 20.4 Å². The number of non-ortho nitro benzene ring substituents is 1. The lowest BCUT2D eigenvalue weighted by Gasteiger charge is -2.09. The number of aryl methyl sites for hydroxylation is 1. The fourth-order valence-electron chi connectivity index (χ4n) is 2.84. The first-order valence-electron chi connectivity index (χ1n) is 9.22. The van der Waals surface area contributed by atoms with Crippen molar-refractivity contribution in [1.29, 1.82) is 0 Å². The zero-order chi connectivity index (χ0) is 21.7. The van der Waals surface area contributed by atoms with Crippen LogP contribution in [0, 0.1) is 17.0 Å². The van der Waals surface area contributed by atoms with Crippen LogP contribution in [0.4, 0.5) is 11.4 Å². The maximum Gasteiger partial charge on any atom is 0.338 e. The minimum atomic E-state index is -0.727. The number of carbonyl (C=O) groups excluding carboxylic acids is 2. The van der Waals surface area contributed by atoms with Crippen LogP contribution in [0.5, 0.6) is 0 Å².